The van der Waals surface area contributed by atoms with E-state index >= 15 is 0 Å². The summed E-state index contributed by atoms with van der Waals surface area (Å²) in [7, 11) is 0. The standard InChI is InChI=1S/C33H24BrFN4O3S2/c34-23-12-10-21(11-13-23)20-28(38-30(40)26-8-4-5-9-27(26)35)31(41)37-24-14-16-25(17-15-24)44-29(22-6-2-1-3-7-22)32(42)39-33-36-18-19-43-33/h1-20,29H,(H,37,41)(H,38,40)(H,36,39,42)/b28-20+. The second-order valence-corrected chi connectivity index (χ2v) is 12.2. The van der Waals surface area contributed by atoms with Crippen LogP contribution in [0.25, 0.3) is 6.08 Å². The summed E-state index contributed by atoms with van der Waals surface area (Å²) in [6.07, 6.45) is 3.14. The monoisotopic (exact) mass is 686 g/mol. The van der Waals surface area contributed by atoms with Gasteiger partial charge in [0, 0.05) is 26.6 Å². The average molecular weight is 688 g/mol. The zero-order valence-corrected chi connectivity index (χ0v) is 26.1. The Morgan fingerprint density at radius 1 is 0.864 bits per heavy atom. The molecule has 3 N–H and O–H groups in total. The smallest absolute Gasteiger partial charge is 0.272 e. The number of aromatic nitrogens is 1. The van der Waals surface area contributed by atoms with E-state index in [4.69, 9.17) is 0 Å². The summed E-state index contributed by atoms with van der Waals surface area (Å²) in [6, 6.07) is 29.1. The van der Waals surface area contributed by atoms with Crippen LogP contribution in [0.5, 0.6) is 0 Å². The van der Waals surface area contributed by atoms with Crippen molar-refractivity contribution >= 4 is 73.6 Å². The summed E-state index contributed by atoms with van der Waals surface area (Å²) in [5, 5.41) is 9.97. The van der Waals surface area contributed by atoms with E-state index in [-0.39, 0.29) is 17.2 Å². The number of carbonyl (C=O) groups is 3. The first-order valence-electron chi connectivity index (χ1n) is 13.2. The van der Waals surface area contributed by atoms with E-state index in [1.165, 1.54) is 47.4 Å². The molecule has 3 amide bonds. The van der Waals surface area contributed by atoms with Crippen molar-refractivity contribution in [1.82, 2.24) is 10.3 Å². The van der Waals surface area contributed by atoms with Crippen molar-refractivity contribution in [1.29, 1.82) is 0 Å². The lowest BCUT2D eigenvalue weighted by molar-refractivity contribution is -0.116. The van der Waals surface area contributed by atoms with Crippen LogP contribution in [0.15, 0.2) is 130 Å². The summed E-state index contributed by atoms with van der Waals surface area (Å²) in [5.74, 6) is -2.25. The van der Waals surface area contributed by atoms with Gasteiger partial charge in [-0.1, -0.05) is 70.5 Å². The number of thioether (sulfide) groups is 1. The number of hydrogen-bond donors (Lipinski definition) is 3. The van der Waals surface area contributed by atoms with Crippen LogP contribution in [-0.2, 0) is 9.59 Å². The third-order valence-electron chi connectivity index (χ3n) is 6.16. The molecular formula is C33H24BrFN4O3S2. The highest BCUT2D eigenvalue weighted by atomic mass is 79.9. The van der Waals surface area contributed by atoms with Crippen LogP contribution in [0.2, 0.25) is 0 Å². The van der Waals surface area contributed by atoms with Crippen molar-refractivity contribution in [3.8, 4) is 0 Å². The van der Waals surface area contributed by atoms with E-state index in [2.05, 4.69) is 36.9 Å². The van der Waals surface area contributed by atoms with Crippen molar-refractivity contribution < 1.29 is 18.8 Å². The van der Waals surface area contributed by atoms with Crippen molar-refractivity contribution in [2.24, 2.45) is 0 Å². The highest BCUT2D eigenvalue weighted by Crippen LogP contribution is 2.37. The lowest BCUT2D eigenvalue weighted by Crippen LogP contribution is -2.31. The highest BCUT2D eigenvalue weighted by molar-refractivity contribution is 9.10. The number of nitrogens with zero attached hydrogens (tertiary/aromatic N) is 1. The normalized spacial score (nSPS) is 11.8. The van der Waals surface area contributed by atoms with Gasteiger partial charge in [0.05, 0.1) is 5.56 Å². The quantitative estimate of drug-likeness (QED) is 0.102. The van der Waals surface area contributed by atoms with Crippen molar-refractivity contribution in [3.05, 3.63) is 147 Å². The Labute approximate surface area is 269 Å². The fourth-order valence-corrected chi connectivity index (χ4v) is 5.85. The van der Waals surface area contributed by atoms with Gasteiger partial charge in [-0.2, -0.15) is 0 Å². The number of nitrogens with one attached hydrogen (secondary N) is 3. The van der Waals surface area contributed by atoms with Crippen LogP contribution in [0.4, 0.5) is 15.2 Å². The Morgan fingerprint density at radius 2 is 1.57 bits per heavy atom. The maximum Gasteiger partial charge on any atom is 0.272 e. The van der Waals surface area contributed by atoms with Gasteiger partial charge in [-0.3, -0.25) is 14.4 Å². The zero-order valence-electron chi connectivity index (χ0n) is 22.9. The Balaban J connectivity index is 1.33. The maximum absolute atomic E-state index is 14.3. The molecular weight excluding hydrogens is 663 g/mol. The molecule has 0 radical (unpaired) electrons. The van der Waals surface area contributed by atoms with Crippen molar-refractivity contribution in [3.63, 3.8) is 0 Å². The van der Waals surface area contributed by atoms with Gasteiger partial charge in [-0.15, -0.1) is 23.1 Å². The van der Waals surface area contributed by atoms with Crippen LogP contribution in [0, 0.1) is 5.82 Å². The van der Waals surface area contributed by atoms with Gasteiger partial charge in [0.1, 0.15) is 16.8 Å². The van der Waals surface area contributed by atoms with Crippen molar-refractivity contribution in [2.75, 3.05) is 10.6 Å². The third kappa shape index (κ3) is 8.28. The molecule has 4 aromatic carbocycles. The highest BCUT2D eigenvalue weighted by Gasteiger charge is 2.23. The van der Waals surface area contributed by atoms with Crippen LogP contribution >= 0.6 is 39.0 Å². The van der Waals surface area contributed by atoms with Gasteiger partial charge in [-0.05, 0) is 65.7 Å². The molecule has 1 atom stereocenters. The SMILES string of the molecule is O=C(Nc1ccc(SC(C(=O)Nc2nccs2)c2ccccc2)cc1)/C(=C\c1ccc(Br)cc1)NC(=O)c1ccccc1F. The van der Waals surface area contributed by atoms with Crippen LogP contribution in [0.1, 0.15) is 26.7 Å². The molecule has 7 nitrogen and oxygen atoms in total. The predicted octanol–water partition coefficient (Wildman–Crippen LogP) is 7.93. The lowest BCUT2D eigenvalue weighted by Gasteiger charge is -2.16. The Morgan fingerprint density at radius 3 is 2.25 bits per heavy atom. The number of carbonyl (C=O) groups excluding carboxylic acids is 3. The van der Waals surface area contributed by atoms with Gasteiger partial charge >= 0.3 is 0 Å². The Bertz CT molecular complexity index is 1780. The molecule has 0 aliphatic carbocycles. The number of halogens is 2. The topological polar surface area (TPSA) is 100 Å². The van der Waals surface area contributed by atoms with Crippen LogP contribution in [-0.4, -0.2) is 22.7 Å². The number of hydrogen-bond acceptors (Lipinski definition) is 6. The number of rotatable bonds is 10. The fraction of sp³-hybridized carbons (Fsp3) is 0.0303. The van der Waals surface area contributed by atoms with Crippen molar-refractivity contribution in [2.45, 2.75) is 10.1 Å². The van der Waals surface area contributed by atoms with E-state index in [9.17, 15) is 18.8 Å². The largest absolute Gasteiger partial charge is 0.321 e. The molecule has 0 saturated heterocycles. The predicted molar refractivity (Wildman–Crippen MR) is 177 cm³/mol. The molecule has 0 saturated carbocycles. The summed E-state index contributed by atoms with van der Waals surface area (Å²) >= 11 is 6.08. The van der Waals surface area contributed by atoms with Gasteiger partial charge < -0.3 is 16.0 Å². The second-order valence-electron chi connectivity index (χ2n) is 9.26. The van der Waals surface area contributed by atoms with Gasteiger partial charge in [-0.25, -0.2) is 9.37 Å². The minimum absolute atomic E-state index is 0.0676. The number of benzene rings is 4. The first kappa shape index (κ1) is 30.9. The van der Waals surface area contributed by atoms with E-state index < -0.39 is 22.9 Å². The minimum atomic E-state index is -0.753. The molecule has 5 rings (SSSR count). The Hall–Kier alpha value is -4.58. The summed E-state index contributed by atoms with van der Waals surface area (Å²) in [4.78, 5) is 44.4. The first-order valence-corrected chi connectivity index (χ1v) is 15.8. The summed E-state index contributed by atoms with van der Waals surface area (Å²) in [5.41, 5.74) is 1.70. The second kappa shape index (κ2) is 14.7. The minimum Gasteiger partial charge on any atom is -0.321 e. The molecule has 1 heterocycles. The molecule has 0 spiro atoms. The summed E-state index contributed by atoms with van der Waals surface area (Å²) < 4.78 is 15.1. The molecule has 1 aromatic heterocycles. The van der Waals surface area contributed by atoms with Crippen LogP contribution < -0.4 is 16.0 Å². The van der Waals surface area contributed by atoms with Gasteiger partial charge in [0.25, 0.3) is 11.8 Å². The molecule has 5 aromatic rings. The Kier molecular flexibility index (Phi) is 10.3. The maximum atomic E-state index is 14.3. The molecule has 11 heteroatoms. The van der Waals surface area contributed by atoms with E-state index in [0.29, 0.717) is 16.4 Å². The van der Waals surface area contributed by atoms with E-state index in [1.807, 2.05) is 30.3 Å². The van der Waals surface area contributed by atoms with Crippen LogP contribution in [0.3, 0.4) is 0 Å². The average Bonchev–Trinajstić information content (AvgIpc) is 3.55. The zero-order chi connectivity index (χ0) is 30.9. The van der Waals surface area contributed by atoms with Gasteiger partial charge in [0.15, 0.2) is 5.13 Å². The van der Waals surface area contributed by atoms with Gasteiger partial charge in [0.2, 0.25) is 5.91 Å². The van der Waals surface area contributed by atoms with E-state index in [0.717, 1.165) is 14.9 Å². The molecule has 1 unspecified atom stereocenters. The third-order valence-corrected chi connectivity index (χ3v) is 8.64. The molecule has 0 aliphatic heterocycles. The number of amides is 3. The molecule has 0 bridgehead atoms. The first-order chi connectivity index (χ1) is 21.4. The lowest BCUT2D eigenvalue weighted by atomic mass is 10.1. The number of anilines is 2. The fourth-order valence-electron chi connectivity index (χ4n) is 4.03. The molecule has 0 aliphatic rings. The molecule has 220 valence electrons. The van der Waals surface area contributed by atoms with E-state index in [1.54, 1.807) is 66.2 Å². The molecule has 44 heavy (non-hydrogen) atoms. The number of thiazole rings is 1. The summed E-state index contributed by atoms with van der Waals surface area (Å²) in [6.45, 7) is 0. The molecule has 0 fully saturated rings.